The molecule has 0 bridgehead atoms. The van der Waals surface area contributed by atoms with Crippen molar-refractivity contribution in [3.63, 3.8) is 0 Å². The fourth-order valence-corrected chi connectivity index (χ4v) is 1.56. The molecule has 0 spiro atoms. The maximum atomic E-state index is 13.2. The number of hydrogen-bond acceptors (Lipinski definition) is 4. The van der Waals surface area contributed by atoms with E-state index in [0.29, 0.717) is 17.1 Å². The number of nitrogens with zero attached hydrogens (tertiary/aromatic N) is 3. The third-order valence-corrected chi connectivity index (χ3v) is 2.59. The Balaban J connectivity index is 2.18. The van der Waals surface area contributed by atoms with Gasteiger partial charge in [0.15, 0.2) is 5.82 Å². The predicted octanol–water partition coefficient (Wildman–Crippen LogP) is 1.59. The lowest BCUT2D eigenvalue weighted by Gasteiger charge is -2.13. The Morgan fingerprint density at radius 3 is 2.89 bits per heavy atom. The molecule has 5 nitrogen and oxygen atoms in total. The van der Waals surface area contributed by atoms with E-state index >= 15 is 0 Å². The first-order chi connectivity index (χ1) is 8.58. The highest BCUT2D eigenvalue weighted by molar-refractivity contribution is 5.35. The van der Waals surface area contributed by atoms with Crippen LogP contribution in [0.15, 0.2) is 24.5 Å². The maximum Gasteiger partial charge on any atom is 0.170 e. The van der Waals surface area contributed by atoms with E-state index in [1.807, 2.05) is 0 Å². The summed E-state index contributed by atoms with van der Waals surface area (Å²) < 4.78 is 20.4. The number of halogens is 1. The molecule has 6 heteroatoms. The second kappa shape index (κ2) is 5.14. The van der Waals surface area contributed by atoms with Crippen LogP contribution in [0.3, 0.4) is 0 Å². The van der Waals surface area contributed by atoms with Crippen molar-refractivity contribution in [3.8, 4) is 5.75 Å². The summed E-state index contributed by atoms with van der Waals surface area (Å²) in [6.45, 7) is 1.77. The fourth-order valence-electron chi connectivity index (χ4n) is 1.56. The number of aryl methyl sites for hydroxylation is 1. The van der Waals surface area contributed by atoms with E-state index in [4.69, 9.17) is 4.74 Å². The van der Waals surface area contributed by atoms with E-state index in [1.54, 1.807) is 24.9 Å². The van der Waals surface area contributed by atoms with Crippen LogP contribution in [-0.2, 0) is 13.7 Å². The molecule has 0 saturated heterocycles. The quantitative estimate of drug-likeness (QED) is 0.896. The largest absolute Gasteiger partial charge is 0.485 e. The molecule has 2 aromatic rings. The van der Waals surface area contributed by atoms with Gasteiger partial charge in [0, 0.05) is 18.7 Å². The van der Waals surface area contributed by atoms with Crippen molar-refractivity contribution in [2.24, 2.45) is 7.05 Å². The van der Waals surface area contributed by atoms with Gasteiger partial charge in [0.05, 0.1) is 6.10 Å². The summed E-state index contributed by atoms with van der Waals surface area (Å²) in [7, 11) is 1.79. The van der Waals surface area contributed by atoms with Crippen LogP contribution in [0.25, 0.3) is 0 Å². The fraction of sp³-hybridized carbons (Fsp3) is 0.333. The highest BCUT2D eigenvalue weighted by atomic mass is 19.1. The van der Waals surface area contributed by atoms with Gasteiger partial charge in [0.25, 0.3) is 0 Å². The Hall–Kier alpha value is -1.95. The number of aliphatic hydroxyl groups is 1. The third-order valence-electron chi connectivity index (χ3n) is 2.59. The Morgan fingerprint density at radius 1 is 1.50 bits per heavy atom. The summed E-state index contributed by atoms with van der Waals surface area (Å²) in [5, 5.41) is 17.1. The van der Waals surface area contributed by atoms with Crippen molar-refractivity contribution in [3.05, 3.63) is 41.7 Å². The molecule has 96 valence electrons. The molecule has 1 aromatic heterocycles. The zero-order valence-corrected chi connectivity index (χ0v) is 10.2. The molecule has 18 heavy (non-hydrogen) atoms. The van der Waals surface area contributed by atoms with Crippen LogP contribution in [0.2, 0.25) is 0 Å². The van der Waals surface area contributed by atoms with Crippen LogP contribution in [-0.4, -0.2) is 19.9 Å². The first-order valence-corrected chi connectivity index (χ1v) is 5.51. The molecule has 0 amide bonds. The summed E-state index contributed by atoms with van der Waals surface area (Å²) in [5.41, 5.74) is 0.540. The Bertz CT molecular complexity index is 540. The average molecular weight is 251 g/mol. The molecule has 0 aliphatic heterocycles. The number of benzene rings is 1. The standard InChI is InChI=1S/C12H14FN3O2/c1-8(17)10-4-3-9(13)5-11(10)18-6-12-15-14-7-16(12)2/h3-5,7-8,17H,6H2,1-2H3/t8-/m1/s1. The average Bonchev–Trinajstić information content (AvgIpc) is 2.72. The van der Waals surface area contributed by atoms with Gasteiger partial charge in [-0.25, -0.2) is 4.39 Å². The van der Waals surface area contributed by atoms with E-state index in [-0.39, 0.29) is 6.61 Å². The number of aromatic nitrogens is 3. The van der Waals surface area contributed by atoms with E-state index in [9.17, 15) is 9.50 Å². The molecule has 0 radical (unpaired) electrons. The first kappa shape index (κ1) is 12.5. The van der Waals surface area contributed by atoms with Crippen LogP contribution in [0.1, 0.15) is 24.4 Å². The monoisotopic (exact) mass is 251 g/mol. The zero-order chi connectivity index (χ0) is 13.1. The zero-order valence-electron chi connectivity index (χ0n) is 10.2. The number of ether oxygens (including phenoxy) is 1. The van der Waals surface area contributed by atoms with Crippen molar-refractivity contribution in [2.45, 2.75) is 19.6 Å². The molecule has 1 aromatic carbocycles. The summed E-state index contributed by atoms with van der Waals surface area (Å²) in [6, 6.07) is 4.04. The number of hydrogen-bond donors (Lipinski definition) is 1. The van der Waals surface area contributed by atoms with E-state index in [1.165, 1.54) is 18.2 Å². The SMILES string of the molecule is C[C@@H](O)c1ccc(F)cc1OCc1nncn1C. The van der Waals surface area contributed by atoms with Gasteiger partial charge in [-0.2, -0.15) is 0 Å². The summed E-state index contributed by atoms with van der Waals surface area (Å²) in [4.78, 5) is 0. The van der Waals surface area contributed by atoms with Crippen molar-refractivity contribution < 1.29 is 14.2 Å². The highest BCUT2D eigenvalue weighted by Crippen LogP contribution is 2.26. The normalized spacial score (nSPS) is 12.4. The lowest BCUT2D eigenvalue weighted by atomic mass is 10.1. The predicted molar refractivity (Wildman–Crippen MR) is 62.4 cm³/mol. The van der Waals surface area contributed by atoms with Gasteiger partial charge in [0.2, 0.25) is 0 Å². The van der Waals surface area contributed by atoms with E-state index in [0.717, 1.165) is 0 Å². The molecule has 0 aliphatic rings. The van der Waals surface area contributed by atoms with Crippen molar-refractivity contribution >= 4 is 0 Å². The highest BCUT2D eigenvalue weighted by Gasteiger charge is 2.11. The van der Waals surface area contributed by atoms with Crippen molar-refractivity contribution in [1.82, 2.24) is 14.8 Å². The summed E-state index contributed by atoms with van der Waals surface area (Å²) >= 11 is 0. The van der Waals surface area contributed by atoms with Gasteiger partial charge in [-0.15, -0.1) is 10.2 Å². The second-order valence-corrected chi connectivity index (χ2v) is 4.00. The topological polar surface area (TPSA) is 60.2 Å². The molecule has 0 fully saturated rings. The smallest absolute Gasteiger partial charge is 0.170 e. The minimum Gasteiger partial charge on any atom is -0.485 e. The van der Waals surface area contributed by atoms with Gasteiger partial charge in [0.1, 0.15) is 24.5 Å². The molecule has 1 heterocycles. The molecule has 0 saturated carbocycles. The molecular weight excluding hydrogens is 237 g/mol. The minimum absolute atomic E-state index is 0.166. The van der Waals surface area contributed by atoms with Crippen LogP contribution < -0.4 is 4.74 Å². The van der Waals surface area contributed by atoms with Gasteiger partial charge >= 0.3 is 0 Å². The van der Waals surface area contributed by atoms with Crippen molar-refractivity contribution in [1.29, 1.82) is 0 Å². The molecule has 0 aliphatic carbocycles. The molecule has 2 rings (SSSR count). The Morgan fingerprint density at radius 2 is 2.28 bits per heavy atom. The van der Waals surface area contributed by atoms with Gasteiger partial charge in [-0.1, -0.05) is 0 Å². The van der Waals surface area contributed by atoms with Crippen LogP contribution >= 0.6 is 0 Å². The lowest BCUT2D eigenvalue weighted by Crippen LogP contribution is -2.05. The molecule has 0 unspecified atom stereocenters. The summed E-state index contributed by atoms with van der Waals surface area (Å²) in [6.07, 6.45) is 0.833. The maximum absolute atomic E-state index is 13.2. The first-order valence-electron chi connectivity index (χ1n) is 5.51. The number of rotatable bonds is 4. The lowest BCUT2D eigenvalue weighted by molar-refractivity contribution is 0.189. The molecule has 1 atom stereocenters. The number of aliphatic hydroxyl groups excluding tert-OH is 1. The molecule has 1 N–H and O–H groups in total. The third kappa shape index (κ3) is 2.65. The van der Waals surface area contributed by atoms with Crippen molar-refractivity contribution in [2.75, 3.05) is 0 Å². The van der Waals surface area contributed by atoms with Gasteiger partial charge < -0.3 is 14.4 Å². The van der Waals surface area contributed by atoms with Gasteiger partial charge in [-0.3, -0.25) is 0 Å². The van der Waals surface area contributed by atoms with Crippen LogP contribution in [0.5, 0.6) is 5.75 Å². The van der Waals surface area contributed by atoms with E-state index in [2.05, 4.69) is 10.2 Å². The van der Waals surface area contributed by atoms with Gasteiger partial charge in [-0.05, 0) is 19.1 Å². The second-order valence-electron chi connectivity index (χ2n) is 4.00. The van der Waals surface area contributed by atoms with Crippen LogP contribution in [0, 0.1) is 5.82 Å². The molecular formula is C12H14FN3O2. The minimum atomic E-state index is -0.722. The Labute approximate surface area is 104 Å². The van der Waals surface area contributed by atoms with Crippen LogP contribution in [0.4, 0.5) is 4.39 Å². The summed E-state index contributed by atoms with van der Waals surface area (Å²) in [5.74, 6) is 0.524. The van der Waals surface area contributed by atoms with E-state index < -0.39 is 11.9 Å². The Kier molecular flexibility index (Phi) is 3.57.